The Bertz CT molecular complexity index is 1050. The summed E-state index contributed by atoms with van der Waals surface area (Å²) < 4.78 is 0. The lowest BCUT2D eigenvalue weighted by molar-refractivity contribution is -0.134. The van der Waals surface area contributed by atoms with Gasteiger partial charge >= 0.3 is 6.03 Å². The van der Waals surface area contributed by atoms with Gasteiger partial charge in [0.15, 0.2) is 5.54 Å². The van der Waals surface area contributed by atoms with Gasteiger partial charge in [-0.2, -0.15) is 0 Å². The first-order valence-corrected chi connectivity index (χ1v) is 10.1. The molecule has 3 aromatic rings. The predicted octanol–water partition coefficient (Wildman–Crippen LogP) is 3.36. The van der Waals surface area contributed by atoms with Crippen molar-refractivity contribution in [1.29, 1.82) is 0 Å². The Morgan fingerprint density at radius 3 is 1.87 bits per heavy atom. The van der Waals surface area contributed by atoms with Gasteiger partial charge in [-0.1, -0.05) is 91.0 Å². The summed E-state index contributed by atoms with van der Waals surface area (Å²) in [6.07, 6.45) is 0. The van der Waals surface area contributed by atoms with Crippen molar-refractivity contribution in [2.24, 2.45) is 0 Å². The number of urea groups is 1. The van der Waals surface area contributed by atoms with Gasteiger partial charge in [0.1, 0.15) is 6.54 Å². The molecule has 1 saturated heterocycles. The third-order valence-corrected chi connectivity index (χ3v) is 5.50. The Kier molecular flexibility index (Phi) is 5.54. The zero-order chi connectivity index (χ0) is 21.8. The van der Waals surface area contributed by atoms with Gasteiger partial charge in [-0.15, -0.1) is 0 Å². The molecular formula is C25H23N3O3. The first kappa shape index (κ1) is 20.3. The van der Waals surface area contributed by atoms with Crippen molar-refractivity contribution >= 4 is 17.8 Å². The number of carbonyl (C=O) groups is 3. The quantitative estimate of drug-likeness (QED) is 0.609. The number of nitrogens with one attached hydrogen (secondary N) is 2. The fourth-order valence-electron chi connectivity index (χ4n) is 3.91. The van der Waals surface area contributed by atoms with E-state index in [0.717, 1.165) is 10.5 Å². The maximum atomic E-state index is 13.6. The zero-order valence-electron chi connectivity index (χ0n) is 17.1. The summed E-state index contributed by atoms with van der Waals surface area (Å²) in [5.41, 5.74) is 0.849. The molecule has 156 valence electrons. The largest absolute Gasteiger partial charge is 0.348 e. The summed E-state index contributed by atoms with van der Waals surface area (Å²) in [5, 5.41) is 5.71. The van der Waals surface area contributed by atoms with Crippen LogP contribution in [0.1, 0.15) is 29.7 Å². The third-order valence-electron chi connectivity index (χ3n) is 5.50. The number of hydrogen-bond acceptors (Lipinski definition) is 3. The van der Waals surface area contributed by atoms with Crippen LogP contribution in [0.15, 0.2) is 91.0 Å². The van der Waals surface area contributed by atoms with Crippen molar-refractivity contribution in [2.75, 3.05) is 6.54 Å². The highest BCUT2D eigenvalue weighted by molar-refractivity contribution is 6.11. The van der Waals surface area contributed by atoms with Crippen LogP contribution in [-0.4, -0.2) is 29.3 Å². The Morgan fingerprint density at radius 1 is 0.871 bits per heavy atom. The molecule has 0 saturated carbocycles. The van der Waals surface area contributed by atoms with E-state index in [4.69, 9.17) is 0 Å². The molecule has 1 aliphatic heterocycles. The normalized spacial score (nSPS) is 16.0. The SMILES string of the molecule is C[C@H](NC(=O)CN1C(=O)NC(c2ccccc2)(c2ccccc2)C1=O)c1ccccc1. The summed E-state index contributed by atoms with van der Waals surface area (Å²) in [7, 11) is 0. The molecule has 1 aliphatic rings. The van der Waals surface area contributed by atoms with E-state index in [1.54, 1.807) is 24.3 Å². The average molecular weight is 413 g/mol. The van der Waals surface area contributed by atoms with E-state index in [1.165, 1.54) is 0 Å². The van der Waals surface area contributed by atoms with Crippen molar-refractivity contribution < 1.29 is 14.4 Å². The van der Waals surface area contributed by atoms with Crippen molar-refractivity contribution in [2.45, 2.75) is 18.5 Å². The number of rotatable bonds is 6. The monoisotopic (exact) mass is 413 g/mol. The molecule has 0 aromatic heterocycles. The van der Waals surface area contributed by atoms with Crippen LogP contribution in [0.4, 0.5) is 4.79 Å². The molecule has 3 aromatic carbocycles. The standard InChI is InChI=1S/C25H23N3O3/c1-18(19-11-5-2-6-12-19)26-22(29)17-28-23(30)25(27-24(28)31,20-13-7-3-8-14-20)21-15-9-4-10-16-21/h2-16,18H,17H2,1H3,(H,26,29)(H,27,31)/t18-/m0/s1. The molecule has 0 radical (unpaired) electrons. The van der Waals surface area contributed by atoms with Crippen LogP contribution in [0, 0.1) is 0 Å². The number of carbonyl (C=O) groups excluding carboxylic acids is 3. The predicted molar refractivity (Wildman–Crippen MR) is 117 cm³/mol. The number of imide groups is 1. The Balaban J connectivity index is 1.60. The van der Waals surface area contributed by atoms with E-state index in [2.05, 4.69) is 10.6 Å². The third kappa shape index (κ3) is 3.80. The minimum absolute atomic E-state index is 0.248. The van der Waals surface area contributed by atoms with Gasteiger partial charge in [0.25, 0.3) is 5.91 Å². The van der Waals surface area contributed by atoms with Gasteiger partial charge in [-0.3, -0.25) is 14.5 Å². The smallest absolute Gasteiger partial charge is 0.326 e. The zero-order valence-corrected chi connectivity index (χ0v) is 17.1. The molecule has 1 atom stereocenters. The lowest BCUT2D eigenvalue weighted by atomic mass is 9.82. The molecule has 0 spiro atoms. The second-order valence-corrected chi connectivity index (χ2v) is 7.50. The van der Waals surface area contributed by atoms with Crippen LogP contribution in [0.25, 0.3) is 0 Å². The molecule has 2 N–H and O–H groups in total. The molecule has 6 heteroatoms. The van der Waals surface area contributed by atoms with Gasteiger partial charge in [0, 0.05) is 0 Å². The van der Waals surface area contributed by atoms with Gasteiger partial charge in [0.2, 0.25) is 5.91 Å². The van der Waals surface area contributed by atoms with Crippen LogP contribution in [0.2, 0.25) is 0 Å². The maximum absolute atomic E-state index is 13.6. The summed E-state index contributed by atoms with van der Waals surface area (Å²) in [6, 6.07) is 26.8. The number of hydrogen-bond donors (Lipinski definition) is 2. The van der Waals surface area contributed by atoms with Crippen LogP contribution >= 0.6 is 0 Å². The maximum Gasteiger partial charge on any atom is 0.326 e. The van der Waals surface area contributed by atoms with Crippen LogP contribution < -0.4 is 10.6 Å². The first-order chi connectivity index (χ1) is 15.0. The highest BCUT2D eigenvalue weighted by Gasteiger charge is 2.54. The van der Waals surface area contributed by atoms with Gasteiger partial charge in [-0.05, 0) is 23.6 Å². The van der Waals surface area contributed by atoms with Crippen molar-refractivity contribution in [1.82, 2.24) is 15.5 Å². The molecular weight excluding hydrogens is 390 g/mol. The van der Waals surface area contributed by atoms with Crippen molar-refractivity contribution in [3.63, 3.8) is 0 Å². The summed E-state index contributed by atoms with van der Waals surface area (Å²) in [4.78, 5) is 40.1. The summed E-state index contributed by atoms with van der Waals surface area (Å²) in [6.45, 7) is 1.50. The molecule has 0 bridgehead atoms. The molecule has 4 amide bonds. The fourth-order valence-corrected chi connectivity index (χ4v) is 3.91. The van der Waals surface area contributed by atoms with Crippen LogP contribution in [-0.2, 0) is 15.1 Å². The van der Waals surface area contributed by atoms with Crippen LogP contribution in [0.5, 0.6) is 0 Å². The molecule has 31 heavy (non-hydrogen) atoms. The van der Waals surface area contributed by atoms with E-state index in [1.807, 2.05) is 73.7 Å². The fraction of sp³-hybridized carbons (Fsp3) is 0.160. The van der Waals surface area contributed by atoms with E-state index in [-0.39, 0.29) is 12.6 Å². The Hall–Kier alpha value is -3.93. The summed E-state index contributed by atoms with van der Waals surface area (Å²) in [5.74, 6) is -0.880. The highest BCUT2D eigenvalue weighted by atomic mass is 16.2. The van der Waals surface area contributed by atoms with E-state index in [0.29, 0.717) is 11.1 Å². The minimum Gasteiger partial charge on any atom is -0.348 e. The van der Waals surface area contributed by atoms with Crippen LogP contribution in [0.3, 0.4) is 0 Å². The Labute approximate surface area is 180 Å². The average Bonchev–Trinajstić information content (AvgIpc) is 3.06. The lowest BCUT2D eigenvalue weighted by Gasteiger charge is -2.28. The number of nitrogens with zero attached hydrogens (tertiary/aromatic N) is 1. The van der Waals surface area contributed by atoms with E-state index >= 15 is 0 Å². The molecule has 0 unspecified atom stereocenters. The lowest BCUT2D eigenvalue weighted by Crippen LogP contribution is -2.46. The molecule has 1 heterocycles. The summed E-state index contributed by atoms with van der Waals surface area (Å²) >= 11 is 0. The van der Waals surface area contributed by atoms with Crippen molar-refractivity contribution in [3.05, 3.63) is 108 Å². The van der Waals surface area contributed by atoms with E-state index < -0.39 is 23.4 Å². The first-order valence-electron chi connectivity index (χ1n) is 10.1. The molecule has 0 aliphatic carbocycles. The second kappa shape index (κ2) is 8.44. The minimum atomic E-state index is -1.37. The molecule has 4 rings (SSSR count). The second-order valence-electron chi connectivity index (χ2n) is 7.50. The van der Waals surface area contributed by atoms with Crippen molar-refractivity contribution in [3.8, 4) is 0 Å². The van der Waals surface area contributed by atoms with Gasteiger partial charge in [-0.25, -0.2) is 4.79 Å². The highest BCUT2D eigenvalue weighted by Crippen LogP contribution is 2.35. The number of amides is 4. The van der Waals surface area contributed by atoms with E-state index in [9.17, 15) is 14.4 Å². The van der Waals surface area contributed by atoms with Gasteiger partial charge < -0.3 is 10.6 Å². The molecule has 1 fully saturated rings. The number of benzene rings is 3. The molecule has 6 nitrogen and oxygen atoms in total. The van der Waals surface area contributed by atoms with Gasteiger partial charge in [0.05, 0.1) is 6.04 Å². The topological polar surface area (TPSA) is 78.5 Å². The Morgan fingerprint density at radius 2 is 1.35 bits per heavy atom.